The second-order valence-electron chi connectivity index (χ2n) is 5.25. The number of amides is 1. The fraction of sp³-hybridized carbons (Fsp3) is 0.500. The minimum atomic E-state index is -4.44. The molecule has 23 heavy (non-hydrogen) atoms. The van der Waals surface area contributed by atoms with Crippen molar-refractivity contribution < 1.29 is 27.5 Å². The Balaban J connectivity index is 2.91. The molecule has 0 aliphatic rings. The standard InChI is InChI=1S/C16H20F3NO3/c1-4-9-20(10-11(2)15(22)23-3)14(21)12-5-7-13(8-6-12)16(17,18)19/h5-8,11H,4,9-10H2,1-3H3. The monoisotopic (exact) mass is 331 g/mol. The number of ether oxygens (including phenoxy) is 1. The van der Waals surface area contributed by atoms with E-state index in [2.05, 4.69) is 4.74 Å². The summed E-state index contributed by atoms with van der Waals surface area (Å²) in [5, 5.41) is 0. The van der Waals surface area contributed by atoms with Crippen LogP contribution in [0.15, 0.2) is 24.3 Å². The van der Waals surface area contributed by atoms with Gasteiger partial charge in [-0.2, -0.15) is 13.2 Å². The van der Waals surface area contributed by atoms with Gasteiger partial charge in [-0.1, -0.05) is 13.8 Å². The van der Waals surface area contributed by atoms with Crippen molar-refractivity contribution in [1.82, 2.24) is 4.90 Å². The number of halogens is 3. The lowest BCUT2D eigenvalue weighted by atomic mass is 10.1. The summed E-state index contributed by atoms with van der Waals surface area (Å²) in [5.74, 6) is -1.35. The van der Waals surface area contributed by atoms with Crippen LogP contribution < -0.4 is 0 Å². The summed E-state index contributed by atoms with van der Waals surface area (Å²) in [6, 6.07) is 4.05. The Kier molecular flexibility index (Phi) is 6.60. The largest absolute Gasteiger partial charge is 0.469 e. The predicted molar refractivity (Wildman–Crippen MR) is 78.8 cm³/mol. The first-order valence-electron chi connectivity index (χ1n) is 7.25. The molecule has 0 aromatic heterocycles. The molecule has 0 aliphatic heterocycles. The van der Waals surface area contributed by atoms with E-state index in [1.165, 1.54) is 12.0 Å². The van der Waals surface area contributed by atoms with Crippen LogP contribution in [-0.2, 0) is 15.7 Å². The lowest BCUT2D eigenvalue weighted by Gasteiger charge is -2.24. The van der Waals surface area contributed by atoms with Gasteiger partial charge >= 0.3 is 12.1 Å². The Morgan fingerprint density at radius 3 is 2.22 bits per heavy atom. The number of carbonyl (C=O) groups is 2. The van der Waals surface area contributed by atoms with Crippen LogP contribution in [0.2, 0.25) is 0 Å². The minimum absolute atomic E-state index is 0.153. The van der Waals surface area contributed by atoms with Gasteiger partial charge < -0.3 is 9.64 Å². The first kappa shape index (κ1) is 19.0. The van der Waals surface area contributed by atoms with Gasteiger partial charge in [-0.15, -0.1) is 0 Å². The smallest absolute Gasteiger partial charge is 0.416 e. The number of hydrogen-bond acceptors (Lipinski definition) is 3. The Morgan fingerprint density at radius 1 is 1.22 bits per heavy atom. The second-order valence-corrected chi connectivity index (χ2v) is 5.25. The van der Waals surface area contributed by atoms with Crippen molar-refractivity contribution in [2.45, 2.75) is 26.4 Å². The first-order valence-corrected chi connectivity index (χ1v) is 7.25. The Labute approximate surface area is 133 Å². The molecule has 128 valence electrons. The van der Waals surface area contributed by atoms with Gasteiger partial charge in [0, 0.05) is 18.7 Å². The molecule has 7 heteroatoms. The SMILES string of the molecule is CCCN(CC(C)C(=O)OC)C(=O)c1ccc(C(F)(F)F)cc1. The van der Waals surface area contributed by atoms with Crippen molar-refractivity contribution in [3.05, 3.63) is 35.4 Å². The molecule has 0 fully saturated rings. The van der Waals surface area contributed by atoms with Crippen LogP contribution in [0, 0.1) is 5.92 Å². The molecule has 1 amide bonds. The topological polar surface area (TPSA) is 46.6 Å². The van der Waals surface area contributed by atoms with Gasteiger partial charge in [0.1, 0.15) is 0 Å². The number of carbonyl (C=O) groups excluding carboxylic acids is 2. The van der Waals surface area contributed by atoms with Gasteiger partial charge in [0.15, 0.2) is 0 Å². The minimum Gasteiger partial charge on any atom is -0.469 e. The van der Waals surface area contributed by atoms with Gasteiger partial charge in [-0.05, 0) is 30.7 Å². The maximum absolute atomic E-state index is 12.6. The summed E-state index contributed by atoms with van der Waals surface area (Å²) in [4.78, 5) is 25.4. The molecule has 0 spiro atoms. The molecule has 0 saturated heterocycles. The quantitative estimate of drug-likeness (QED) is 0.751. The predicted octanol–water partition coefficient (Wildman–Crippen LogP) is 3.37. The number of hydrogen-bond donors (Lipinski definition) is 0. The third kappa shape index (κ3) is 5.26. The lowest BCUT2D eigenvalue weighted by Crippen LogP contribution is -2.37. The van der Waals surface area contributed by atoms with Crippen LogP contribution in [0.3, 0.4) is 0 Å². The van der Waals surface area contributed by atoms with E-state index in [-0.39, 0.29) is 12.1 Å². The molecule has 1 aromatic rings. The van der Waals surface area contributed by atoms with Gasteiger partial charge in [0.2, 0.25) is 0 Å². The van der Waals surface area contributed by atoms with Gasteiger partial charge in [0.25, 0.3) is 5.91 Å². The van der Waals surface area contributed by atoms with Crippen LogP contribution >= 0.6 is 0 Å². The van der Waals surface area contributed by atoms with E-state index in [0.717, 1.165) is 24.3 Å². The van der Waals surface area contributed by atoms with Crippen molar-refractivity contribution in [3.8, 4) is 0 Å². The maximum atomic E-state index is 12.6. The highest BCUT2D eigenvalue weighted by Gasteiger charge is 2.30. The van der Waals surface area contributed by atoms with E-state index in [1.54, 1.807) is 6.92 Å². The van der Waals surface area contributed by atoms with Crippen molar-refractivity contribution in [3.63, 3.8) is 0 Å². The molecule has 1 unspecified atom stereocenters. The van der Waals surface area contributed by atoms with Crippen LogP contribution in [0.25, 0.3) is 0 Å². The summed E-state index contributed by atoms with van der Waals surface area (Å²) in [6.07, 6.45) is -3.77. The zero-order valence-electron chi connectivity index (χ0n) is 13.3. The number of methoxy groups -OCH3 is 1. The molecule has 1 rings (SSSR count). The van der Waals surface area contributed by atoms with Crippen molar-refractivity contribution >= 4 is 11.9 Å². The Morgan fingerprint density at radius 2 is 1.78 bits per heavy atom. The van der Waals surface area contributed by atoms with E-state index in [1.807, 2.05) is 6.92 Å². The van der Waals surface area contributed by atoms with Crippen LogP contribution in [0.4, 0.5) is 13.2 Å². The number of alkyl halides is 3. The molecule has 0 radical (unpaired) electrons. The van der Waals surface area contributed by atoms with Crippen LogP contribution in [0.5, 0.6) is 0 Å². The molecule has 0 heterocycles. The Bertz CT molecular complexity index is 540. The summed E-state index contributed by atoms with van der Waals surface area (Å²) in [7, 11) is 1.26. The third-order valence-electron chi connectivity index (χ3n) is 3.34. The first-order chi connectivity index (χ1) is 10.7. The van der Waals surface area contributed by atoms with Gasteiger partial charge in [-0.3, -0.25) is 9.59 Å². The number of esters is 1. The van der Waals surface area contributed by atoms with E-state index in [4.69, 9.17) is 0 Å². The van der Waals surface area contributed by atoms with Crippen molar-refractivity contribution in [2.75, 3.05) is 20.2 Å². The molecule has 0 bridgehead atoms. The number of benzene rings is 1. The van der Waals surface area contributed by atoms with E-state index < -0.39 is 29.5 Å². The van der Waals surface area contributed by atoms with E-state index >= 15 is 0 Å². The fourth-order valence-electron chi connectivity index (χ4n) is 2.14. The Hall–Kier alpha value is -2.05. The molecule has 0 saturated carbocycles. The summed E-state index contributed by atoms with van der Waals surface area (Å²) >= 11 is 0. The van der Waals surface area contributed by atoms with Gasteiger partial charge in [-0.25, -0.2) is 0 Å². The third-order valence-corrected chi connectivity index (χ3v) is 3.34. The molecule has 0 aliphatic carbocycles. The molecule has 1 atom stereocenters. The normalized spacial score (nSPS) is 12.6. The van der Waals surface area contributed by atoms with Crippen molar-refractivity contribution in [2.24, 2.45) is 5.92 Å². The number of rotatable bonds is 6. The zero-order valence-corrected chi connectivity index (χ0v) is 13.3. The maximum Gasteiger partial charge on any atom is 0.416 e. The van der Waals surface area contributed by atoms with E-state index in [0.29, 0.717) is 13.0 Å². The zero-order chi connectivity index (χ0) is 17.6. The number of nitrogens with zero attached hydrogens (tertiary/aromatic N) is 1. The highest BCUT2D eigenvalue weighted by atomic mass is 19.4. The fourth-order valence-corrected chi connectivity index (χ4v) is 2.14. The average molecular weight is 331 g/mol. The molecule has 0 N–H and O–H groups in total. The summed E-state index contributed by atoms with van der Waals surface area (Å²) < 4.78 is 42.3. The highest BCUT2D eigenvalue weighted by Crippen LogP contribution is 2.29. The van der Waals surface area contributed by atoms with Crippen LogP contribution in [-0.4, -0.2) is 37.0 Å². The second kappa shape index (κ2) is 7.99. The van der Waals surface area contributed by atoms with Gasteiger partial charge in [0.05, 0.1) is 18.6 Å². The highest BCUT2D eigenvalue weighted by molar-refractivity contribution is 5.94. The lowest BCUT2D eigenvalue weighted by molar-refractivity contribution is -0.145. The van der Waals surface area contributed by atoms with E-state index in [9.17, 15) is 22.8 Å². The molecular weight excluding hydrogens is 311 g/mol. The molecular formula is C16H20F3NO3. The van der Waals surface area contributed by atoms with Crippen LogP contribution in [0.1, 0.15) is 36.2 Å². The molecule has 4 nitrogen and oxygen atoms in total. The summed E-state index contributed by atoms with van der Waals surface area (Å²) in [5.41, 5.74) is -0.650. The van der Waals surface area contributed by atoms with Crippen molar-refractivity contribution in [1.29, 1.82) is 0 Å². The average Bonchev–Trinajstić information content (AvgIpc) is 2.52. The summed E-state index contributed by atoms with van der Waals surface area (Å²) in [6.45, 7) is 4.06. The molecule has 1 aromatic carbocycles.